The zero-order valence-electron chi connectivity index (χ0n) is 11.0. The molecule has 0 aliphatic heterocycles. The third kappa shape index (κ3) is 4.95. The van der Waals surface area contributed by atoms with Crippen LogP contribution in [0.1, 0.15) is 26.3 Å². The summed E-state index contributed by atoms with van der Waals surface area (Å²) in [6.45, 7) is 5.74. The normalized spacial score (nSPS) is 10.2. The monoisotopic (exact) mass is 249 g/mol. The second kappa shape index (κ2) is 6.74. The van der Waals surface area contributed by atoms with Crippen LogP contribution in [0, 0.1) is 0 Å². The number of nitrogens with one attached hydrogen (secondary N) is 1. The van der Waals surface area contributed by atoms with Gasteiger partial charge in [-0.1, -0.05) is 0 Å². The van der Waals surface area contributed by atoms with Crippen molar-refractivity contribution in [2.24, 2.45) is 0 Å². The van der Waals surface area contributed by atoms with Crippen LogP contribution in [-0.4, -0.2) is 34.3 Å². The minimum absolute atomic E-state index is 0.0761. The highest BCUT2D eigenvalue weighted by Crippen LogP contribution is 2.03. The molecule has 1 aromatic heterocycles. The molecule has 1 rings (SSSR count). The van der Waals surface area contributed by atoms with Crippen molar-refractivity contribution in [2.75, 3.05) is 6.54 Å². The van der Waals surface area contributed by atoms with E-state index < -0.39 is 0 Å². The van der Waals surface area contributed by atoms with Crippen LogP contribution in [0.2, 0.25) is 0 Å². The van der Waals surface area contributed by atoms with E-state index in [9.17, 15) is 9.59 Å². The number of rotatable bonds is 5. The van der Waals surface area contributed by atoms with Crippen LogP contribution in [0.3, 0.4) is 0 Å². The van der Waals surface area contributed by atoms with Gasteiger partial charge in [0.05, 0.1) is 6.54 Å². The van der Waals surface area contributed by atoms with Gasteiger partial charge in [-0.05, 0) is 31.5 Å². The highest BCUT2D eigenvalue weighted by Gasteiger charge is 2.14. The fourth-order valence-corrected chi connectivity index (χ4v) is 1.53. The molecule has 1 aromatic rings. The zero-order chi connectivity index (χ0) is 13.5. The maximum atomic E-state index is 11.6. The highest BCUT2D eigenvalue weighted by atomic mass is 16.2. The third-order valence-electron chi connectivity index (χ3n) is 2.35. The lowest BCUT2D eigenvalue weighted by atomic mass is 10.2. The van der Waals surface area contributed by atoms with E-state index in [-0.39, 0.29) is 24.4 Å². The predicted octanol–water partition coefficient (Wildman–Crippen LogP) is 0.955. The van der Waals surface area contributed by atoms with E-state index in [2.05, 4.69) is 10.3 Å². The van der Waals surface area contributed by atoms with Gasteiger partial charge < -0.3 is 10.2 Å². The molecule has 0 saturated heterocycles. The highest BCUT2D eigenvalue weighted by molar-refractivity contribution is 5.83. The van der Waals surface area contributed by atoms with Crippen molar-refractivity contribution in [3.05, 3.63) is 30.1 Å². The van der Waals surface area contributed by atoms with Gasteiger partial charge in [-0.2, -0.15) is 0 Å². The van der Waals surface area contributed by atoms with E-state index in [1.807, 2.05) is 26.0 Å². The van der Waals surface area contributed by atoms with Gasteiger partial charge in [0.1, 0.15) is 0 Å². The van der Waals surface area contributed by atoms with Crippen LogP contribution in [0.4, 0.5) is 0 Å². The molecule has 2 amide bonds. The lowest BCUT2D eigenvalue weighted by Crippen LogP contribution is -2.41. The van der Waals surface area contributed by atoms with Crippen molar-refractivity contribution in [1.29, 1.82) is 0 Å². The topological polar surface area (TPSA) is 62.3 Å². The first kappa shape index (κ1) is 14.2. The first-order chi connectivity index (χ1) is 8.49. The molecular weight excluding hydrogens is 230 g/mol. The molecule has 98 valence electrons. The average Bonchev–Trinajstić information content (AvgIpc) is 2.28. The predicted molar refractivity (Wildman–Crippen MR) is 68.6 cm³/mol. The minimum Gasteiger partial charge on any atom is -0.352 e. The van der Waals surface area contributed by atoms with Crippen molar-refractivity contribution in [2.45, 2.75) is 33.4 Å². The van der Waals surface area contributed by atoms with E-state index in [0.717, 1.165) is 5.56 Å². The smallest absolute Gasteiger partial charge is 0.239 e. The van der Waals surface area contributed by atoms with Crippen molar-refractivity contribution in [3.63, 3.8) is 0 Å². The van der Waals surface area contributed by atoms with Gasteiger partial charge in [0.2, 0.25) is 11.8 Å². The Labute approximate surface area is 107 Å². The van der Waals surface area contributed by atoms with Crippen molar-refractivity contribution in [3.8, 4) is 0 Å². The average molecular weight is 249 g/mol. The maximum absolute atomic E-state index is 11.6. The number of amides is 2. The molecule has 18 heavy (non-hydrogen) atoms. The molecular formula is C13H19N3O2. The van der Waals surface area contributed by atoms with Crippen LogP contribution in [0.5, 0.6) is 0 Å². The molecule has 1 heterocycles. The first-order valence-corrected chi connectivity index (χ1v) is 5.93. The summed E-state index contributed by atoms with van der Waals surface area (Å²) in [7, 11) is 0. The molecule has 0 spiro atoms. The molecule has 0 saturated carbocycles. The Kier molecular flexibility index (Phi) is 5.30. The maximum Gasteiger partial charge on any atom is 0.239 e. The van der Waals surface area contributed by atoms with Crippen molar-refractivity contribution < 1.29 is 9.59 Å². The SMILES string of the molecule is CC(=O)N(CC(=O)NC(C)C)Cc1ccncc1. The first-order valence-electron chi connectivity index (χ1n) is 5.93. The summed E-state index contributed by atoms with van der Waals surface area (Å²) in [6.07, 6.45) is 3.34. The van der Waals surface area contributed by atoms with Gasteiger partial charge in [0.25, 0.3) is 0 Å². The van der Waals surface area contributed by atoms with Crippen LogP contribution in [-0.2, 0) is 16.1 Å². The summed E-state index contributed by atoms with van der Waals surface area (Å²) in [5, 5.41) is 2.77. The number of hydrogen-bond acceptors (Lipinski definition) is 3. The van der Waals surface area contributed by atoms with Crippen LogP contribution in [0.25, 0.3) is 0 Å². The fraction of sp³-hybridized carbons (Fsp3) is 0.462. The molecule has 1 N–H and O–H groups in total. The van der Waals surface area contributed by atoms with Crippen LogP contribution >= 0.6 is 0 Å². The number of aromatic nitrogens is 1. The minimum atomic E-state index is -0.144. The van der Waals surface area contributed by atoms with Crippen LogP contribution in [0.15, 0.2) is 24.5 Å². The number of carbonyl (C=O) groups excluding carboxylic acids is 2. The molecule has 5 nitrogen and oxygen atoms in total. The van der Waals surface area contributed by atoms with Crippen molar-refractivity contribution in [1.82, 2.24) is 15.2 Å². The summed E-state index contributed by atoms with van der Waals surface area (Å²) in [5.74, 6) is -0.264. The van der Waals surface area contributed by atoms with Gasteiger partial charge in [-0.25, -0.2) is 0 Å². The Hall–Kier alpha value is -1.91. The molecule has 0 radical (unpaired) electrons. The largest absolute Gasteiger partial charge is 0.352 e. The molecule has 0 fully saturated rings. The standard InChI is InChI=1S/C13H19N3O2/c1-10(2)15-13(18)9-16(11(3)17)8-12-4-6-14-7-5-12/h4-7,10H,8-9H2,1-3H3,(H,15,18). The number of nitrogens with zero attached hydrogens (tertiary/aromatic N) is 2. The summed E-state index contributed by atoms with van der Waals surface area (Å²) in [4.78, 5) is 28.6. The lowest BCUT2D eigenvalue weighted by Gasteiger charge is -2.21. The molecule has 0 unspecified atom stereocenters. The Morgan fingerprint density at radius 2 is 1.94 bits per heavy atom. The van der Waals surface area contributed by atoms with Crippen LogP contribution < -0.4 is 5.32 Å². The van der Waals surface area contributed by atoms with Gasteiger partial charge in [0.15, 0.2) is 0 Å². The van der Waals surface area contributed by atoms with Crippen molar-refractivity contribution >= 4 is 11.8 Å². The zero-order valence-corrected chi connectivity index (χ0v) is 11.0. The van der Waals surface area contributed by atoms with E-state index in [0.29, 0.717) is 6.54 Å². The third-order valence-corrected chi connectivity index (χ3v) is 2.35. The fourth-order valence-electron chi connectivity index (χ4n) is 1.53. The van der Waals surface area contributed by atoms with E-state index in [1.54, 1.807) is 12.4 Å². The van der Waals surface area contributed by atoms with E-state index in [4.69, 9.17) is 0 Å². The Balaban J connectivity index is 2.61. The van der Waals surface area contributed by atoms with Gasteiger partial charge in [-0.15, -0.1) is 0 Å². The molecule has 0 atom stereocenters. The summed E-state index contributed by atoms with van der Waals surface area (Å²) >= 11 is 0. The Bertz CT molecular complexity index is 404. The Morgan fingerprint density at radius 3 is 2.44 bits per heavy atom. The molecule has 0 aliphatic rings. The number of carbonyl (C=O) groups is 2. The molecule has 0 aliphatic carbocycles. The summed E-state index contributed by atoms with van der Waals surface area (Å²) in [5.41, 5.74) is 0.956. The van der Waals surface area contributed by atoms with Gasteiger partial charge >= 0.3 is 0 Å². The van der Waals surface area contributed by atoms with E-state index in [1.165, 1.54) is 11.8 Å². The summed E-state index contributed by atoms with van der Waals surface area (Å²) < 4.78 is 0. The lowest BCUT2D eigenvalue weighted by molar-refractivity contribution is -0.135. The van der Waals surface area contributed by atoms with E-state index >= 15 is 0 Å². The van der Waals surface area contributed by atoms with Gasteiger partial charge in [0, 0.05) is 31.9 Å². The second-order valence-corrected chi connectivity index (χ2v) is 4.45. The number of hydrogen-bond donors (Lipinski definition) is 1. The number of pyridine rings is 1. The molecule has 0 bridgehead atoms. The molecule has 0 aromatic carbocycles. The van der Waals surface area contributed by atoms with Gasteiger partial charge in [-0.3, -0.25) is 14.6 Å². The second-order valence-electron chi connectivity index (χ2n) is 4.45. The molecule has 5 heteroatoms. The Morgan fingerprint density at radius 1 is 1.33 bits per heavy atom. The summed E-state index contributed by atoms with van der Waals surface area (Å²) in [6, 6.07) is 3.74. The quantitative estimate of drug-likeness (QED) is 0.845.